The van der Waals surface area contributed by atoms with Crippen LogP contribution in [0.2, 0.25) is 0 Å². The van der Waals surface area contributed by atoms with E-state index in [1.807, 2.05) is 0 Å². The van der Waals surface area contributed by atoms with Crippen LogP contribution in [0.4, 0.5) is 5.13 Å². The summed E-state index contributed by atoms with van der Waals surface area (Å²) in [6.07, 6.45) is 1.62. The van der Waals surface area contributed by atoms with Gasteiger partial charge in [-0.3, -0.25) is 10.1 Å². The van der Waals surface area contributed by atoms with Gasteiger partial charge in [-0.2, -0.15) is 5.26 Å². The minimum atomic E-state index is -0.494. The zero-order valence-corrected chi connectivity index (χ0v) is 14.6. The van der Waals surface area contributed by atoms with Gasteiger partial charge in [0.25, 0.3) is 5.91 Å². The van der Waals surface area contributed by atoms with Gasteiger partial charge in [0.05, 0.1) is 12.0 Å². The molecule has 3 aromatic heterocycles. The number of ether oxygens (including phenoxy) is 1. The van der Waals surface area contributed by atoms with Gasteiger partial charge in [-0.15, -0.1) is 22.7 Å². The van der Waals surface area contributed by atoms with E-state index in [9.17, 15) is 14.9 Å². The van der Waals surface area contributed by atoms with Gasteiger partial charge in [-0.05, 0) is 12.1 Å². The van der Waals surface area contributed by atoms with Gasteiger partial charge in [0.1, 0.15) is 26.5 Å². The summed E-state index contributed by atoms with van der Waals surface area (Å²) < 4.78 is 4.61. The van der Waals surface area contributed by atoms with Crippen molar-refractivity contribution in [3.8, 4) is 16.8 Å². The molecule has 120 valence electrons. The number of anilines is 1. The van der Waals surface area contributed by atoms with E-state index in [0.717, 1.165) is 22.7 Å². The van der Waals surface area contributed by atoms with Gasteiger partial charge in [0.2, 0.25) is 0 Å². The highest BCUT2D eigenvalue weighted by Gasteiger charge is 2.19. The summed E-state index contributed by atoms with van der Waals surface area (Å²) in [5.41, 5.74) is 0.453. The highest BCUT2D eigenvalue weighted by Crippen LogP contribution is 2.32. The molecule has 10 heteroatoms. The first kappa shape index (κ1) is 16.3. The minimum absolute atomic E-state index is 0.301. The molecule has 0 fully saturated rings. The van der Waals surface area contributed by atoms with E-state index in [2.05, 4.69) is 26.1 Å². The van der Waals surface area contributed by atoms with E-state index in [1.165, 1.54) is 30.6 Å². The van der Waals surface area contributed by atoms with Crippen LogP contribution in [-0.2, 0) is 4.74 Å². The van der Waals surface area contributed by atoms with Crippen LogP contribution < -0.4 is 5.32 Å². The third kappa shape index (κ3) is 3.18. The van der Waals surface area contributed by atoms with Gasteiger partial charge in [-0.25, -0.2) is 14.8 Å². The number of thiophene rings is 1. The molecule has 3 rings (SSSR count). The smallest absolute Gasteiger partial charge is 0.348 e. The van der Waals surface area contributed by atoms with Crippen LogP contribution in [0.25, 0.3) is 10.7 Å². The van der Waals surface area contributed by atoms with Gasteiger partial charge in [-0.1, -0.05) is 11.3 Å². The predicted octanol–water partition coefficient (Wildman–Crippen LogP) is 3.24. The van der Waals surface area contributed by atoms with E-state index in [0.29, 0.717) is 30.5 Å². The molecule has 0 aliphatic rings. The largest absolute Gasteiger partial charge is 0.465 e. The Balaban J connectivity index is 1.81. The van der Waals surface area contributed by atoms with Crippen molar-refractivity contribution in [1.29, 1.82) is 5.26 Å². The first-order chi connectivity index (χ1) is 11.6. The number of amides is 1. The summed E-state index contributed by atoms with van der Waals surface area (Å²) >= 11 is 3.46. The Morgan fingerprint density at radius 2 is 2.08 bits per heavy atom. The zero-order valence-electron chi connectivity index (χ0n) is 12.1. The van der Waals surface area contributed by atoms with Gasteiger partial charge < -0.3 is 4.74 Å². The molecule has 0 atom stereocenters. The number of aromatic nitrogens is 2. The van der Waals surface area contributed by atoms with Crippen LogP contribution in [0, 0.1) is 11.3 Å². The Kier molecular flexibility index (Phi) is 4.66. The molecule has 0 unspecified atom stereocenters. The number of nitrogens with zero attached hydrogens (tertiary/aromatic N) is 3. The Labute approximate surface area is 148 Å². The summed E-state index contributed by atoms with van der Waals surface area (Å²) in [5, 5.41) is 14.6. The predicted molar refractivity (Wildman–Crippen MR) is 91.5 cm³/mol. The minimum Gasteiger partial charge on any atom is -0.465 e. The lowest BCUT2D eigenvalue weighted by atomic mass is 10.4. The first-order valence-corrected chi connectivity index (χ1v) is 8.94. The van der Waals surface area contributed by atoms with Gasteiger partial charge in [0, 0.05) is 11.6 Å². The number of carbonyl (C=O) groups is 2. The molecule has 1 N–H and O–H groups in total. The molecule has 1 amide bonds. The average molecular weight is 376 g/mol. The van der Waals surface area contributed by atoms with Crippen molar-refractivity contribution >= 4 is 51.0 Å². The fraction of sp³-hybridized carbons (Fsp3) is 0.0714. The second-order valence-corrected chi connectivity index (χ2v) is 7.23. The zero-order chi connectivity index (χ0) is 17.1. The summed E-state index contributed by atoms with van der Waals surface area (Å²) in [6, 6.07) is 5.11. The van der Waals surface area contributed by atoms with Crippen molar-refractivity contribution in [1.82, 2.24) is 9.97 Å². The van der Waals surface area contributed by atoms with Gasteiger partial charge in [0.15, 0.2) is 5.13 Å². The van der Waals surface area contributed by atoms with Crippen molar-refractivity contribution in [2.75, 3.05) is 12.4 Å². The lowest BCUT2D eigenvalue weighted by molar-refractivity contribution is 0.0606. The Morgan fingerprint density at radius 1 is 1.29 bits per heavy atom. The highest BCUT2D eigenvalue weighted by molar-refractivity contribution is 7.18. The van der Waals surface area contributed by atoms with Crippen LogP contribution >= 0.6 is 34.0 Å². The number of hydrogen-bond donors (Lipinski definition) is 1. The van der Waals surface area contributed by atoms with E-state index >= 15 is 0 Å². The molecule has 0 aliphatic carbocycles. The van der Waals surface area contributed by atoms with Crippen LogP contribution in [0.5, 0.6) is 0 Å². The number of nitrogens with one attached hydrogen (secondary N) is 1. The van der Waals surface area contributed by atoms with Crippen molar-refractivity contribution in [2.24, 2.45) is 0 Å². The molecular weight excluding hydrogens is 368 g/mol. The summed E-state index contributed by atoms with van der Waals surface area (Å²) in [4.78, 5) is 33.1. The summed E-state index contributed by atoms with van der Waals surface area (Å²) in [5.74, 6) is -0.898. The number of rotatable bonds is 4. The quantitative estimate of drug-likeness (QED) is 0.701. The molecule has 0 aliphatic heterocycles. The molecule has 0 radical (unpaired) electrons. The molecule has 0 saturated carbocycles. The van der Waals surface area contributed by atoms with Crippen molar-refractivity contribution in [3.63, 3.8) is 0 Å². The fourth-order valence-electron chi connectivity index (χ4n) is 1.76. The number of esters is 1. The number of nitriles is 1. The van der Waals surface area contributed by atoms with E-state index in [-0.39, 0.29) is 0 Å². The normalized spacial score (nSPS) is 10.2. The molecule has 24 heavy (non-hydrogen) atoms. The lowest BCUT2D eigenvalue weighted by Gasteiger charge is -1.97. The molecular formula is C14H8N4O3S3. The van der Waals surface area contributed by atoms with E-state index in [1.54, 1.807) is 11.6 Å². The third-order valence-electron chi connectivity index (χ3n) is 2.80. The molecule has 0 bridgehead atoms. The lowest BCUT2D eigenvalue weighted by Crippen LogP contribution is -2.09. The Morgan fingerprint density at radius 3 is 2.75 bits per heavy atom. The second kappa shape index (κ2) is 6.88. The maximum atomic E-state index is 12.3. The maximum Gasteiger partial charge on any atom is 0.348 e. The molecule has 0 aromatic carbocycles. The van der Waals surface area contributed by atoms with Crippen molar-refractivity contribution in [3.05, 3.63) is 38.3 Å². The van der Waals surface area contributed by atoms with Gasteiger partial charge >= 0.3 is 5.97 Å². The van der Waals surface area contributed by atoms with E-state index < -0.39 is 11.9 Å². The molecule has 7 nitrogen and oxygen atoms in total. The maximum absolute atomic E-state index is 12.3. The summed E-state index contributed by atoms with van der Waals surface area (Å²) in [7, 11) is 1.28. The topological polar surface area (TPSA) is 105 Å². The van der Waals surface area contributed by atoms with Crippen LogP contribution in [0.3, 0.4) is 0 Å². The molecule has 0 saturated heterocycles. The highest BCUT2D eigenvalue weighted by atomic mass is 32.1. The summed E-state index contributed by atoms with van der Waals surface area (Å²) in [6.45, 7) is 0. The number of thiazole rings is 2. The molecule has 3 heterocycles. The van der Waals surface area contributed by atoms with Crippen LogP contribution in [0.15, 0.2) is 23.7 Å². The molecule has 0 spiro atoms. The number of carbonyl (C=O) groups excluding carboxylic acids is 2. The SMILES string of the molecule is COC(=O)c1ccc(C(=O)Nc2nc(-c3nccs3)c(C#N)s2)s1. The van der Waals surface area contributed by atoms with Crippen molar-refractivity contribution in [2.45, 2.75) is 0 Å². The second-order valence-electron chi connectivity index (χ2n) is 4.26. The first-order valence-electron chi connectivity index (χ1n) is 6.42. The number of hydrogen-bond acceptors (Lipinski definition) is 9. The Bertz CT molecular complexity index is 937. The Hall–Kier alpha value is -2.61. The van der Waals surface area contributed by atoms with Crippen LogP contribution in [0.1, 0.15) is 24.2 Å². The van der Waals surface area contributed by atoms with Crippen molar-refractivity contribution < 1.29 is 14.3 Å². The standard InChI is InChI=1S/C14H8N4O3S3/c1-21-13(20)8-3-2-7(23-8)11(19)18-14-17-10(9(6-15)24-14)12-16-4-5-22-12/h2-5H,1H3,(H,17,18,19). The average Bonchev–Trinajstić information content (AvgIpc) is 3.32. The van der Waals surface area contributed by atoms with E-state index in [4.69, 9.17) is 0 Å². The fourth-order valence-corrected chi connectivity index (χ4v) is 4.04. The monoisotopic (exact) mass is 376 g/mol. The third-order valence-corrected chi connectivity index (χ3v) is 5.52. The number of methoxy groups -OCH3 is 1. The van der Waals surface area contributed by atoms with Crippen LogP contribution in [-0.4, -0.2) is 29.0 Å². The molecule has 3 aromatic rings.